The van der Waals surface area contributed by atoms with Crippen LogP contribution in [-0.4, -0.2) is 32.0 Å². The van der Waals surface area contributed by atoms with Crippen molar-refractivity contribution in [3.63, 3.8) is 0 Å². The van der Waals surface area contributed by atoms with Gasteiger partial charge < -0.3 is 45.9 Å². The zero-order valence-electron chi connectivity index (χ0n) is 12.3. The quantitative estimate of drug-likeness (QED) is 0.302. The molecule has 0 fully saturated rings. The summed E-state index contributed by atoms with van der Waals surface area (Å²) in [6.07, 6.45) is 3.55. The van der Waals surface area contributed by atoms with Crippen LogP contribution in [0, 0.1) is 6.42 Å². The summed E-state index contributed by atoms with van der Waals surface area (Å²) in [4.78, 5) is 10.5. The van der Waals surface area contributed by atoms with E-state index in [1.165, 1.54) is 6.92 Å². The Morgan fingerprint density at radius 1 is 1.11 bits per heavy atom. The maximum Gasteiger partial charge on any atom is 2.00 e. The molecule has 0 bridgehead atoms. The van der Waals surface area contributed by atoms with Gasteiger partial charge in [-0.3, -0.25) is 4.79 Å². The van der Waals surface area contributed by atoms with Gasteiger partial charge in [-0.1, -0.05) is 0 Å². The molecular formula is C12H29BrCoN4O. The van der Waals surface area contributed by atoms with Crippen molar-refractivity contribution < 1.29 is 38.6 Å². The number of nitrogens with one attached hydrogen (secondary N) is 1. The molecule has 0 unspecified atom stereocenters. The first-order valence-corrected chi connectivity index (χ1v) is 5.76. The fourth-order valence-electron chi connectivity index (χ4n) is 0.625. The third kappa shape index (κ3) is 56.7. The minimum atomic E-state index is 0. The zero-order chi connectivity index (χ0) is 14.1. The number of halogens is 1. The van der Waals surface area contributed by atoms with Crippen molar-refractivity contribution in [2.24, 2.45) is 17.2 Å². The van der Waals surface area contributed by atoms with E-state index in [1.54, 1.807) is 6.08 Å². The van der Waals surface area contributed by atoms with Crippen LogP contribution in [0.5, 0.6) is 0 Å². The normalized spacial score (nSPS) is 8.47. The van der Waals surface area contributed by atoms with E-state index < -0.39 is 0 Å². The van der Waals surface area contributed by atoms with Crippen molar-refractivity contribution >= 4 is 5.78 Å². The molecule has 7 N–H and O–H groups in total. The smallest absolute Gasteiger partial charge is 1.00 e. The van der Waals surface area contributed by atoms with Gasteiger partial charge >= 0.3 is 16.8 Å². The summed E-state index contributed by atoms with van der Waals surface area (Å²) in [6.45, 7) is 9.86. The van der Waals surface area contributed by atoms with Crippen LogP contribution in [0.15, 0.2) is 11.8 Å². The molecule has 0 aromatic carbocycles. The molecule has 0 aliphatic heterocycles. The number of ketones is 1. The Morgan fingerprint density at radius 2 is 1.47 bits per heavy atom. The van der Waals surface area contributed by atoms with E-state index in [4.69, 9.17) is 17.2 Å². The summed E-state index contributed by atoms with van der Waals surface area (Å²) < 4.78 is 0. The fraction of sp³-hybridized carbons (Fsp3) is 0.667. The number of rotatable bonds is 5. The van der Waals surface area contributed by atoms with Gasteiger partial charge in [-0.15, -0.1) is 0 Å². The average molecular weight is 384 g/mol. The molecule has 5 nitrogen and oxygen atoms in total. The number of carbonyl (C=O) groups is 1. The maximum absolute atomic E-state index is 10.5. The standard InChI is InChI=1S/C7H14N2O.C3H7.C2H8N2.BrH.Co/c1-6(5-7(2)10)9-4-3-8;1-3-2;3-1-2-4;;/h5,9H,3-4,8H2,1-2H3;3H,1-2H3;1-4H2;1H;/q;-1;;;+2/p-1/b6-5-;;;;. The molecule has 0 amide bonds. The topological polar surface area (TPSA) is 107 Å². The Hall–Kier alpha value is 0.0765. The van der Waals surface area contributed by atoms with E-state index in [2.05, 4.69) is 5.32 Å². The summed E-state index contributed by atoms with van der Waals surface area (Å²) in [6, 6.07) is 0. The van der Waals surface area contributed by atoms with Gasteiger partial charge in [0.05, 0.1) is 0 Å². The molecule has 7 heteroatoms. The summed E-state index contributed by atoms with van der Waals surface area (Å²) in [5, 5.41) is 2.98. The van der Waals surface area contributed by atoms with Crippen LogP contribution in [0.3, 0.4) is 0 Å². The predicted octanol–water partition coefficient (Wildman–Crippen LogP) is -2.84. The molecular weight excluding hydrogens is 355 g/mol. The van der Waals surface area contributed by atoms with Gasteiger partial charge in [-0.2, -0.15) is 13.8 Å². The number of carbonyl (C=O) groups excluding carboxylic acids is 1. The third-order valence-corrected chi connectivity index (χ3v) is 1.13. The summed E-state index contributed by atoms with van der Waals surface area (Å²) in [7, 11) is 0. The van der Waals surface area contributed by atoms with E-state index in [9.17, 15) is 4.79 Å². The van der Waals surface area contributed by atoms with Crippen LogP contribution in [0.1, 0.15) is 27.7 Å². The SMILES string of the molecule is CC(=O)/C=C(/C)NCCN.C[CH-]C.NCCN.[Br-].[Co+2]. The zero-order valence-corrected chi connectivity index (χ0v) is 15.0. The Labute approximate surface area is 139 Å². The molecule has 0 aromatic heterocycles. The van der Waals surface area contributed by atoms with Crippen molar-refractivity contribution in [2.75, 3.05) is 26.2 Å². The molecule has 0 spiro atoms. The third-order valence-electron chi connectivity index (χ3n) is 1.13. The molecule has 0 aliphatic carbocycles. The van der Waals surface area contributed by atoms with Crippen LogP contribution >= 0.6 is 0 Å². The van der Waals surface area contributed by atoms with Crippen molar-refractivity contribution in [3.8, 4) is 0 Å². The van der Waals surface area contributed by atoms with Crippen LogP contribution < -0.4 is 39.5 Å². The van der Waals surface area contributed by atoms with E-state index in [-0.39, 0.29) is 39.5 Å². The van der Waals surface area contributed by atoms with E-state index in [0.717, 1.165) is 12.2 Å². The number of allylic oxidation sites excluding steroid dienone is 2. The molecule has 0 heterocycles. The fourth-order valence-corrected chi connectivity index (χ4v) is 0.625. The maximum atomic E-state index is 10.5. The van der Waals surface area contributed by atoms with Crippen LogP contribution in [0.2, 0.25) is 0 Å². The van der Waals surface area contributed by atoms with Crippen LogP contribution in [0.25, 0.3) is 0 Å². The second-order valence-corrected chi connectivity index (χ2v) is 3.31. The monoisotopic (exact) mass is 383 g/mol. The largest absolute Gasteiger partial charge is 2.00 e. The Morgan fingerprint density at radius 3 is 1.68 bits per heavy atom. The van der Waals surface area contributed by atoms with Gasteiger partial charge in [0, 0.05) is 31.9 Å². The first kappa shape index (κ1) is 31.5. The van der Waals surface area contributed by atoms with E-state index >= 15 is 0 Å². The molecule has 19 heavy (non-hydrogen) atoms. The van der Waals surface area contributed by atoms with Crippen molar-refractivity contribution in [1.29, 1.82) is 0 Å². The van der Waals surface area contributed by atoms with Gasteiger partial charge in [0.25, 0.3) is 0 Å². The van der Waals surface area contributed by atoms with Gasteiger partial charge in [-0.25, -0.2) is 0 Å². The van der Waals surface area contributed by atoms with Crippen molar-refractivity contribution in [3.05, 3.63) is 18.2 Å². The van der Waals surface area contributed by atoms with Crippen molar-refractivity contribution in [2.45, 2.75) is 27.7 Å². The summed E-state index contributed by atoms with van der Waals surface area (Å²) >= 11 is 0. The molecule has 1 radical (unpaired) electrons. The molecule has 0 saturated heterocycles. The minimum Gasteiger partial charge on any atom is -1.00 e. The number of hydrogen-bond acceptors (Lipinski definition) is 5. The Balaban J connectivity index is -0.0000000618. The number of nitrogens with two attached hydrogens (primary N) is 3. The first-order valence-electron chi connectivity index (χ1n) is 5.76. The van der Waals surface area contributed by atoms with E-state index in [0.29, 0.717) is 19.6 Å². The first-order chi connectivity index (χ1) is 7.99. The number of hydrogen-bond donors (Lipinski definition) is 4. The second-order valence-electron chi connectivity index (χ2n) is 3.31. The van der Waals surface area contributed by atoms with Crippen LogP contribution in [0.4, 0.5) is 0 Å². The van der Waals surface area contributed by atoms with Gasteiger partial charge in [0.15, 0.2) is 5.78 Å². The van der Waals surface area contributed by atoms with Crippen LogP contribution in [-0.2, 0) is 21.6 Å². The molecule has 0 aromatic rings. The van der Waals surface area contributed by atoms with Gasteiger partial charge in [-0.05, 0) is 19.9 Å². The molecule has 0 atom stereocenters. The minimum absolute atomic E-state index is 0. The van der Waals surface area contributed by atoms with Gasteiger partial charge in [0.2, 0.25) is 0 Å². The van der Waals surface area contributed by atoms with Gasteiger partial charge in [0.1, 0.15) is 0 Å². The molecule has 119 valence electrons. The second kappa shape index (κ2) is 30.8. The summed E-state index contributed by atoms with van der Waals surface area (Å²) in [5.74, 6) is 0.0574. The predicted molar refractivity (Wildman–Crippen MR) is 75.3 cm³/mol. The molecule has 0 aliphatic rings. The average Bonchev–Trinajstić information content (AvgIpc) is 2.27. The van der Waals surface area contributed by atoms with E-state index in [1.807, 2.05) is 27.2 Å². The Bertz CT molecular complexity index is 191. The molecule has 0 saturated carbocycles. The van der Waals surface area contributed by atoms with Crippen molar-refractivity contribution in [1.82, 2.24) is 5.32 Å². The summed E-state index contributed by atoms with van der Waals surface area (Å²) in [5.41, 5.74) is 15.9. The molecule has 0 rings (SSSR count). The Kier molecular flexibility index (Phi) is 51.0.